The number of aliphatic hydroxyl groups is 1. The highest BCUT2D eigenvalue weighted by Gasteiger charge is 2.22. The molecule has 0 aliphatic rings. The number of ether oxygens (including phenoxy) is 1. The van der Waals surface area contributed by atoms with Gasteiger partial charge in [0, 0.05) is 28.0 Å². The molecular weight excluding hydrogens is 359 g/mol. The highest BCUT2D eigenvalue weighted by atomic mass is 35.5. The van der Waals surface area contributed by atoms with Crippen LogP contribution in [0.4, 0.5) is 0 Å². The van der Waals surface area contributed by atoms with Gasteiger partial charge in [0.25, 0.3) is 0 Å². The largest absolute Gasteiger partial charge is 0.489 e. The molecule has 1 heterocycles. The van der Waals surface area contributed by atoms with Gasteiger partial charge in [0.15, 0.2) is 0 Å². The molecule has 2 aromatic carbocycles. The first-order valence-electron chi connectivity index (χ1n) is 7.87. The first kappa shape index (κ1) is 17.8. The fourth-order valence-corrected chi connectivity index (χ4v) is 2.86. The van der Waals surface area contributed by atoms with Gasteiger partial charge in [-0.1, -0.05) is 35.3 Å². The van der Waals surface area contributed by atoms with Crippen LogP contribution in [0, 0.1) is 0 Å². The van der Waals surface area contributed by atoms with Crippen LogP contribution in [-0.4, -0.2) is 14.7 Å². The van der Waals surface area contributed by atoms with Crippen molar-refractivity contribution in [1.29, 1.82) is 0 Å². The van der Waals surface area contributed by atoms with E-state index in [1.54, 1.807) is 30.7 Å². The molecule has 25 heavy (non-hydrogen) atoms. The normalized spacial score (nSPS) is 13.4. The van der Waals surface area contributed by atoms with Crippen LogP contribution in [0.15, 0.2) is 61.2 Å². The van der Waals surface area contributed by atoms with Gasteiger partial charge >= 0.3 is 0 Å². The molecule has 0 saturated carbocycles. The summed E-state index contributed by atoms with van der Waals surface area (Å²) < 4.78 is 7.76. The number of rotatable bonds is 6. The summed E-state index contributed by atoms with van der Waals surface area (Å²) in [5.41, 5.74) is 1.63. The van der Waals surface area contributed by atoms with Crippen LogP contribution in [-0.2, 0) is 6.61 Å². The van der Waals surface area contributed by atoms with Crippen LogP contribution in [0.25, 0.3) is 0 Å². The van der Waals surface area contributed by atoms with Crippen molar-refractivity contribution in [3.63, 3.8) is 0 Å². The van der Waals surface area contributed by atoms with Crippen molar-refractivity contribution in [3.05, 3.63) is 82.4 Å². The van der Waals surface area contributed by atoms with Crippen molar-refractivity contribution in [3.8, 4) is 5.75 Å². The molecular formula is C19H18Cl2N2O2. The maximum atomic E-state index is 10.8. The zero-order valence-corrected chi connectivity index (χ0v) is 15.2. The molecule has 0 saturated heterocycles. The minimum atomic E-state index is -0.784. The molecule has 4 nitrogen and oxygen atoms in total. The maximum Gasteiger partial charge on any atom is 0.125 e. The molecule has 1 N–H and O–H groups in total. The van der Waals surface area contributed by atoms with Crippen LogP contribution < -0.4 is 4.74 Å². The second kappa shape index (κ2) is 7.91. The second-order valence-corrected chi connectivity index (χ2v) is 6.67. The van der Waals surface area contributed by atoms with Crippen LogP contribution in [0.5, 0.6) is 5.75 Å². The number of hydrogen-bond acceptors (Lipinski definition) is 3. The zero-order valence-electron chi connectivity index (χ0n) is 13.6. The molecule has 3 aromatic rings. The topological polar surface area (TPSA) is 47.3 Å². The van der Waals surface area contributed by atoms with Crippen LogP contribution >= 0.6 is 23.2 Å². The molecule has 2 atom stereocenters. The van der Waals surface area contributed by atoms with Gasteiger partial charge in [-0.05, 0) is 42.8 Å². The Labute approximate surface area is 156 Å². The molecule has 130 valence electrons. The maximum absolute atomic E-state index is 10.8. The number of benzene rings is 2. The van der Waals surface area contributed by atoms with Crippen molar-refractivity contribution in [1.82, 2.24) is 9.55 Å². The molecule has 1 aromatic heterocycles. The van der Waals surface area contributed by atoms with Gasteiger partial charge in [0.2, 0.25) is 0 Å². The summed E-state index contributed by atoms with van der Waals surface area (Å²) >= 11 is 12.0. The summed E-state index contributed by atoms with van der Waals surface area (Å²) in [6, 6.07) is 12.5. The number of aromatic nitrogens is 2. The standard InChI is InChI=1S/C19H18Cl2N2O2/c1-13(23-9-8-22-12-23)19(24)17-10-16(21)6-7-18(17)25-11-14-2-4-15(20)5-3-14/h2-10,12-13,19,24H,11H2,1H3. The summed E-state index contributed by atoms with van der Waals surface area (Å²) in [5, 5.41) is 12.0. The summed E-state index contributed by atoms with van der Waals surface area (Å²) in [6.07, 6.45) is 4.38. The van der Waals surface area contributed by atoms with E-state index in [2.05, 4.69) is 4.98 Å². The summed E-state index contributed by atoms with van der Waals surface area (Å²) in [7, 11) is 0. The van der Waals surface area contributed by atoms with Gasteiger partial charge < -0.3 is 14.4 Å². The van der Waals surface area contributed by atoms with Gasteiger partial charge in [-0.15, -0.1) is 0 Å². The molecule has 0 radical (unpaired) electrons. The van der Waals surface area contributed by atoms with E-state index in [-0.39, 0.29) is 6.04 Å². The fraction of sp³-hybridized carbons (Fsp3) is 0.211. The zero-order chi connectivity index (χ0) is 17.8. The summed E-state index contributed by atoms with van der Waals surface area (Å²) in [6.45, 7) is 2.29. The Morgan fingerprint density at radius 3 is 2.52 bits per heavy atom. The van der Waals surface area contributed by atoms with E-state index in [9.17, 15) is 5.11 Å². The number of imidazole rings is 1. The highest BCUT2D eigenvalue weighted by Crippen LogP contribution is 2.35. The predicted molar refractivity (Wildman–Crippen MR) is 99.1 cm³/mol. The Morgan fingerprint density at radius 1 is 1.12 bits per heavy atom. The average Bonchev–Trinajstić information content (AvgIpc) is 3.15. The quantitative estimate of drug-likeness (QED) is 0.653. The van der Waals surface area contributed by atoms with Gasteiger partial charge in [-0.3, -0.25) is 0 Å². The van der Waals surface area contributed by atoms with Crippen molar-refractivity contribution in [2.75, 3.05) is 0 Å². The minimum absolute atomic E-state index is 0.209. The number of aliphatic hydroxyl groups excluding tert-OH is 1. The van der Waals surface area contributed by atoms with E-state index in [1.807, 2.05) is 42.0 Å². The number of halogens is 2. The van der Waals surface area contributed by atoms with Crippen LogP contribution in [0.2, 0.25) is 10.0 Å². The first-order valence-corrected chi connectivity index (χ1v) is 8.62. The molecule has 0 fully saturated rings. The Morgan fingerprint density at radius 2 is 1.84 bits per heavy atom. The average molecular weight is 377 g/mol. The Bertz CT molecular complexity index is 820. The SMILES string of the molecule is CC(C(O)c1cc(Cl)ccc1OCc1ccc(Cl)cc1)n1ccnc1. The third-order valence-electron chi connectivity index (χ3n) is 4.05. The molecule has 2 unspecified atom stereocenters. The van der Waals surface area contributed by atoms with Crippen molar-refractivity contribution in [2.45, 2.75) is 25.7 Å². The van der Waals surface area contributed by atoms with Crippen molar-refractivity contribution >= 4 is 23.2 Å². The lowest BCUT2D eigenvalue weighted by Crippen LogP contribution is -2.14. The van der Waals surface area contributed by atoms with E-state index in [1.165, 1.54) is 0 Å². The molecule has 0 aliphatic carbocycles. The molecule has 0 amide bonds. The van der Waals surface area contributed by atoms with Crippen LogP contribution in [0.1, 0.15) is 30.2 Å². The van der Waals surface area contributed by atoms with Gasteiger partial charge in [-0.2, -0.15) is 0 Å². The van der Waals surface area contributed by atoms with E-state index < -0.39 is 6.10 Å². The smallest absolute Gasteiger partial charge is 0.125 e. The van der Waals surface area contributed by atoms with E-state index >= 15 is 0 Å². The van der Waals surface area contributed by atoms with E-state index in [0.29, 0.717) is 28.0 Å². The highest BCUT2D eigenvalue weighted by molar-refractivity contribution is 6.30. The number of nitrogens with zero attached hydrogens (tertiary/aromatic N) is 2. The third-order valence-corrected chi connectivity index (χ3v) is 4.54. The van der Waals surface area contributed by atoms with Crippen molar-refractivity contribution in [2.24, 2.45) is 0 Å². The predicted octanol–water partition coefficient (Wildman–Crippen LogP) is 5.06. The Hall–Kier alpha value is -2.01. The summed E-state index contributed by atoms with van der Waals surface area (Å²) in [5.74, 6) is 0.596. The Balaban J connectivity index is 1.81. The molecule has 0 aliphatic heterocycles. The monoisotopic (exact) mass is 376 g/mol. The lowest BCUT2D eigenvalue weighted by Gasteiger charge is -2.23. The summed E-state index contributed by atoms with van der Waals surface area (Å²) in [4.78, 5) is 4.03. The van der Waals surface area contributed by atoms with Gasteiger partial charge in [-0.25, -0.2) is 4.98 Å². The van der Waals surface area contributed by atoms with Gasteiger partial charge in [0.05, 0.1) is 12.4 Å². The van der Waals surface area contributed by atoms with Gasteiger partial charge in [0.1, 0.15) is 18.5 Å². The molecule has 3 rings (SSSR count). The first-order chi connectivity index (χ1) is 12.0. The Kier molecular flexibility index (Phi) is 5.63. The molecule has 0 spiro atoms. The lowest BCUT2D eigenvalue weighted by atomic mass is 10.0. The molecule has 0 bridgehead atoms. The minimum Gasteiger partial charge on any atom is -0.489 e. The third kappa shape index (κ3) is 4.34. The fourth-order valence-electron chi connectivity index (χ4n) is 2.56. The van der Waals surface area contributed by atoms with Crippen LogP contribution in [0.3, 0.4) is 0 Å². The van der Waals surface area contributed by atoms with Crippen molar-refractivity contribution < 1.29 is 9.84 Å². The molecule has 6 heteroatoms. The second-order valence-electron chi connectivity index (χ2n) is 5.79. The van der Waals surface area contributed by atoms with E-state index in [4.69, 9.17) is 27.9 Å². The number of hydrogen-bond donors (Lipinski definition) is 1. The lowest BCUT2D eigenvalue weighted by molar-refractivity contribution is 0.117. The van der Waals surface area contributed by atoms with E-state index in [0.717, 1.165) is 5.56 Å².